The van der Waals surface area contributed by atoms with Crippen LogP contribution in [0.4, 0.5) is 15.9 Å². The second kappa shape index (κ2) is 6.29. The lowest BCUT2D eigenvalue weighted by atomic mass is 10.2. The van der Waals surface area contributed by atoms with Crippen molar-refractivity contribution >= 4 is 11.5 Å². The molecular weight excluding hydrogens is 241 g/mol. The molecule has 0 atom stereocenters. The molecule has 1 aromatic carbocycles. The van der Waals surface area contributed by atoms with Crippen LogP contribution in [-0.2, 0) is 0 Å². The van der Waals surface area contributed by atoms with E-state index >= 15 is 0 Å². The molecule has 0 saturated carbocycles. The van der Waals surface area contributed by atoms with Crippen LogP contribution >= 0.6 is 0 Å². The van der Waals surface area contributed by atoms with Crippen LogP contribution in [0.15, 0.2) is 42.5 Å². The number of pyridine rings is 1. The number of nitrogens with two attached hydrogens (primary N) is 1. The molecule has 3 nitrogen and oxygen atoms in total. The van der Waals surface area contributed by atoms with Crippen LogP contribution in [0.2, 0.25) is 0 Å². The fourth-order valence-electron chi connectivity index (χ4n) is 1.95. The fraction of sp³-hybridized carbons (Fsp3) is 0.267. The number of hydrogen-bond acceptors (Lipinski definition) is 3. The Labute approximate surface area is 112 Å². The van der Waals surface area contributed by atoms with Gasteiger partial charge in [-0.15, -0.1) is 0 Å². The Hall–Kier alpha value is -1.94. The zero-order valence-electron chi connectivity index (χ0n) is 11.0. The summed E-state index contributed by atoms with van der Waals surface area (Å²) >= 11 is 0. The third kappa shape index (κ3) is 3.51. The van der Waals surface area contributed by atoms with E-state index in [1.165, 1.54) is 12.1 Å². The SMILES string of the molecule is Cc1cccc(N(CCCN)c2cccc(F)c2)n1. The Kier molecular flexibility index (Phi) is 4.47. The van der Waals surface area contributed by atoms with Crippen molar-refractivity contribution in [3.8, 4) is 0 Å². The van der Waals surface area contributed by atoms with Gasteiger partial charge in [0.1, 0.15) is 11.6 Å². The molecule has 0 fully saturated rings. The molecule has 19 heavy (non-hydrogen) atoms. The minimum absolute atomic E-state index is 0.247. The van der Waals surface area contributed by atoms with Gasteiger partial charge in [-0.25, -0.2) is 9.37 Å². The molecule has 0 bridgehead atoms. The molecule has 2 N–H and O–H groups in total. The number of benzene rings is 1. The Morgan fingerprint density at radius 2 is 2.00 bits per heavy atom. The maximum absolute atomic E-state index is 13.4. The molecule has 0 aliphatic heterocycles. The molecule has 0 radical (unpaired) electrons. The van der Waals surface area contributed by atoms with Crippen molar-refractivity contribution in [2.24, 2.45) is 5.73 Å². The Bertz CT molecular complexity index is 497. The summed E-state index contributed by atoms with van der Waals surface area (Å²) in [5.74, 6) is 0.571. The van der Waals surface area contributed by atoms with Gasteiger partial charge < -0.3 is 10.6 Å². The molecule has 0 spiro atoms. The van der Waals surface area contributed by atoms with E-state index in [2.05, 4.69) is 4.98 Å². The standard InChI is InChI=1S/C15H18FN3/c1-12-5-2-8-15(18-12)19(10-4-9-17)14-7-3-6-13(16)11-14/h2-3,5-8,11H,4,9-10,17H2,1H3. The predicted octanol–water partition coefficient (Wildman–Crippen LogP) is 3.02. The van der Waals surface area contributed by atoms with E-state index in [1.54, 1.807) is 6.07 Å². The third-order valence-electron chi connectivity index (χ3n) is 2.86. The van der Waals surface area contributed by atoms with Gasteiger partial charge in [0.2, 0.25) is 0 Å². The van der Waals surface area contributed by atoms with Crippen LogP contribution in [0.5, 0.6) is 0 Å². The Morgan fingerprint density at radius 1 is 1.21 bits per heavy atom. The minimum atomic E-state index is -0.247. The molecule has 0 amide bonds. The third-order valence-corrected chi connectivity index (χ3v) is 2.86. The van der Waals surface area contributed by atoms with Crippen LogP contribution < -0.4 is 10.6 Å². The lowest BCUT2D eigenvalue weighted by molar-refractivity contribution is 0.627. The van der Waals surface area contributed by atoms with Crippen molar-refractivity contribution in [1.82, 2.24) is 4.98 Å². The first-order valence-electron chi connectivity index (χ1n) is 6.37. The van der Waals surface area contributed by atoms with Gasteiger partial charge >= 0.3 is 0 Å². The molecule has 2 rings (SSSR count). The highest BCUT2D eigenvalue weighted by Crippen LogP contribution is 2.24. The number of nitrogens with zero attached hydrogens (tertiary/aromatic N) is 2. The number of anilines is 2. The van der Waals surface area contributed by atoms with E-state index in [-0.39, 0.29) is 5.82 Å². The van der Waals surface area contributed by atoms with E-state index < -0.39 is 0 Å². The summed E-state index contributed by atoms with van der Waals surface area (Å²) in [6, 6.07) is 12.4. The number of rotatable bonds is 5. The second-order valence-electron chi connectivity index (χ2n) is 4.41. The van der Waals surface area contributed by atoms with Gasteiger partial charge in [-0.1, -0.05) is 12.1 Å². The van der Waals surface area contributed by atoms with Crippen molar-refractivity contribution in [1.29, 1.82) is 0 Å². The van der Waals surface area contributed by atoms with E-state index in [0.717, 1.165) is 30.2 Å². The van der Waals surface area contributed by atoms with E-state index in [4.69, 9.17) is 5.73 Å². The molecular formula is C15H18FN3. The lowest BCUT2D eigenvalue weighted by Gasteiger charge is -2.24. The average molecular weight is 259 g/mol. The quantitative estimate of drug-likeness (QED) is 0.897. The number of aromatic nitrogens is 1. The largest absolute Gasteiger partial charge is 0.330 e. The molecule has 2 aromatic rings. The number of hydrogen-bond donors (Lipinski definition) is 1. The van der Waals surface area contributed by atoms with Crippen LogP contribution in [0.1, 0.15) is 12.1 Å². The molecule has 0 saturated heterocycles. The highest BCUT2D eigenvalue weighted by atomic mass is 19.1. The van der Waals surface area contributed by atoms with E-state index in [9.17, 15) is 4.39 Å². The monoisotopic (exact) mass is 259 g/mol. The summed E-state index contributed by atoms with van der Waals surface area (Å²) in [6.45, 7) is 3.25. The number of aryl methyl sites for hydroxylation is 1. The van der Waals surface area contributed by atoms with Crippen molar-refractivity contribution in [2.75, 3.05) is 18.0 Å². The van der Waals surface area contributed by atoms with Gasteiger partial charge in [0.05, 0.1) is 0 Å². The van der Waals surface area contributed by atoms with Gasteiger partial charge in [-0.05, 0) is 50.2 Å². The first kappa shape index (κ1) is 13.5. The Balaban J connectivity index is 2.35. The summed E-state index contributed by atoms with van der Waals surface area (Å²) in [6.07, 6.45) is 0.826. The highest BCUT2D eigenvalue weighted by molar-refractivity contribution is 5.59. The van der Waals surface area contributed by atoms with Crippen LogP contribution in [-0.4, -0.2) is 18.1 Å². The van der Waals surface area contributed by atoms with Gasteiger partial charge in [0.15, 0.2) is 0 Å². The molecule has 0 unspecified atom stereocenters. The van der Waals surface area contributed by atoms with Gasteiger partial charge in [-0.3, -0.25) is 0 Å². The summed E-state index contributed by atoms with van der Waals surface area (Å²) in [7, 11) is 0. The van der Waals surface area contributed by atoms with Crippen molar-refractivity contribution in [3.63, 3.8) is 0 Å². The summed E-state index contributed by atoms with van der Waals surface area (Å²) in [5, 5.41) is 0. The van der Waals surface area contributed by atoms with Gasteiger partial charge in [0.25, 0.3) is 0 Å². The highest BCUT2D eigenvalue weighted by Gasteiger charge is 2.10. The van der Waals surface area contributed by atoms with E-state index in [0.29, 0.717) is 6.54 Å². The summed E-state index contributed by atoms with van der Waals surface area (Å²) in [4.78, 5) is 6.48. The number of halogens is 1. The van der Waals surface area contributed by atoms with Crippen LogP contribution in [0.3, 0.4) is 0 Å². The molecule has 100 valence electrons. The lowest BCUT2D eigenvalue weighted by Crippen LogP contribution is -2.22. The maximum atomic E-state index is 13.4. The van der Waals surface area contributed by atoms with Gasteiger partial charge in [-0.2, -0.15) is 0 Å². The summed E-state index contributed by atoms with van der Waals surface area (Å²) < 4.78 is 13.4. The molecule has 1 heterocycles. The van der Waals surface area contributed by atoms with Crippen LogP contribution in [0.25, 0.3) is 0 Å². The Morgan fingerprint density at radius 3 is 2.68 bits per heavy atom. The minimum Gasteiger partial charge on any atom is -0.330 e. The van der Waals surface area contributed by atoms with Crippen LogP contribution in [0, 0.1) is 12.7 Å². The smallest absolute Gasteiger partial charge is 0.133 e. The van der Waals surface area contributed by atoms with Gasteiger partial charge in [0, 0.05) is 17.9 Å². The molecule has 0 aliphatic carbocycles. The van der Waals surface area contributed by atoms with E-state index in [1.807, 2.05) is 36.1 Å². The van der Waals surface area contributed by atoms with Crippen molar-refractivity contribution in [3.05, 3.63) is 54.0 Å². The van der Waals surface area contributed by atoms with Crippen molar-refractivity contribution in [2.45, 2.75) is 13.3 Å². The van der Waals surface area contributed by atoms with Crippen molar-refractivity contribution < 1.29 is 4.39 Å². The fourth-order valence-corrected chi connectivity index (χ4v) is 1.95. The molecule has 4 heteroatoms. The first-order chi connectivity index (χ1) is 9.20. The summed E-state index contributed by atoms with van der Waals surface area (Å²) in [5.41, 5.74) is 7.31. The zero-order chi connectivity index (χ0) is 13.7. The topological polar surface area (TPSA) is 42.1 Å². The second-order valence-corrected chi connectivity index (χ2v) is 4.41. The molecule has 0 aliphatic rings. The molecule has 1 aromatic heterocycles. The first-order valence-corrected chi connectivity index (χ1v) is 6.37. The predicted molar refractivity (Wildman–Crippen MR) is 76.1 cm³/mol. The normalized spacial score (nSPS) is 10.5. The zero-order valence-corrected chi connectivity index (χ0v) is 11.0. The average Bonchev–Trinajstić information content (AvgIpc) is 2.39. The maximum Gasteiger partial charge on any atom is 0.133 e.